The highest BCUT2D eigenvalue weighted by Crippen LogP contribution is 2.10. The van der Waals surface area contributed by atoms with Crippen LogP contribution in [-0.4, -0.2) is 32.0 Å². The topological polar surface area (TPSA) is 56.5 Å². The molecule has 1 aromatic heterocycles. The minimum Gasteiger partial charge on any atom is -0.377 e. The molecular weight excluding hydrogens is 208 g/mol. The van der Waals surface area contributed by atoms with Gasteiger partial charge in [-0.25, -0.2) is 0 Å². The highest BCUT2D eigenvalue weighted by Gasteiger charge is 2.14. The van der Waals surface area contributed by atoms with E-state index < -0.39 is 0 Å². The zero-order valence-electron chi connectivity index (χ0n) is 9.57. The molecular formula is C11H18N2O3. The number of hydrogen-bond acceptors (Lipinski definition) is 5. The molecule has 1 aliphatic rings. The summed E-state index contributed by atoms with van der Waals surface area (Å²) in [6.45, 7) is 3.94. The number of ether oxygens (including phenoxy) is 2. The molecule has 0 aromatic carbocycles. The Hall–Kier alpha value is -0.910. The summed E-state index contributed by atoms with van der Waals surface area (Å²) in [5.74, 6) is 1.38. The van der Waals surface area contributed by atoms with Gasteiger partial charge in [-0.15, -0.1) is 0 Å². The molecule has 5 heteroatoms. The quantitative estimate of drug-likeness (QED) is 0.782. The molecule has 0 amide bonds. The number of hydrogen-bond donors (Lipinski definition) is 1. The third-order valence-corrected chi connectivity index (χ3v) is 2.66. The van der Waals surface area contributed by atoms with Crippen LogP contribution >= 0.6 is 0 Å². The Morgan fingerprint density at radius 3 is 3.25 bits per heavy atom. The van der Waals surface area contributed by atoms with Crippen molar-refractivity contribution in [1.82, 2.24) is 10.5 Å². The summed E-state index contributed by atoms with van der Waals surface area (Å²) in [6.07, 6.45) is 1.20. The van der Waals surface area contributed by atoms with Crippen LogP contribution in [0.15, 0.2) is 10.6 Å². The van der Waals surface area contributed by atoms with E-state index in [4.69, 9.17) is 14.0 Å². The molecule has 0 radical (unpaired) electrons. The van der Waals surface area contributed by atoms with Gasteiger partial charge in [0.2, 0.25) is 0 Å². The van der Waals surface area contributed by atoms with Gasteiger partial charge in [0.1, 0.15) is 12.3 Å². The molecule has 0 bridgehead atoms. The molecule has 1 aromatic rings. The Balaban J connectivity index is 1.67. The smallest absolute Gasteiger partial charge is 0.162 e. The first-order chi connectivity index (χ1) is 7.88. The van der Waals surface area contributed by atoms with Crippen molar-refractivity contribution in [2.75, 3.05) is 26.8 Å². The Kier molecular flexibility index (Phi) is 4.33. The summed E-state index contributed by atoms with van der Waals surface area (Å²) in [4.78, 5) is 0. The molecule has 0 spiro atoms. The first-order valence-corrected chi connectivity index (χ1v) is 5.60. The summed E-state index contributed by atoms with van der Waals surface area (Å²) in [5, 5.41) is 7.21. The van der Waals surface area contributed by atoms with Crippen LogP contribution in [0.4, 0.5) is 0 Å². The molecule has 16 heavy (non-hydrogen) atoms. The SMILES string of the molecule is COCc1cc(COCC2CCNC2)no1. The van der Waals surface area contributed by atoms with Gasteiger partial charge < -0.3 is 19.3 Å². The second-order valence-corrected chi connectivity index (χ2v) is 4.09. The molecule has 0 saturated carbocycles. The minimum atomic E-state index is 0.458. The van der Waals surface area contributed by atoms with Crippen molar-refractivity contribution < 1.29 is 14.0 Å². The second kappa shape index (κ2) is 5.98. The van der Waals surface area contributed by atoms with Crippen LogP contribution in [0, 0.1) is 5.92 Å². The Morgan fingerprint density at radius 1 is 1.56 bits per heavy atom. The number of rotatable bonds is 6. The molecule has 1 atom stereocenters. The van der Waals surface area contributed by atoms with Gasteiger partial charge in [-0.1, -0.05) is 5.16 Å². The molecule has 1 saturated heterocycles. The van der Waals surface area contributed by atoms with E-state index in [2.05, 4.69) is 10.5 Å². The zero-order valence-corrected chi connectivity index (χ0v) is 9.57. The predicted octanol–water partition coefficient (Wildman–Crippen LogP) is 0.947. The molecule has 1 N–H and O–H groups in total. The van der Waals surface area contributed by atoms with Gasteiger partial charge in [0.25, 0.3) is 0 Å². The molecule has 90 valence electrons. The minimum absolute atomic E-state index is 0.458. The lowest BCUT2D eigenvalue weighted by Crippen LogP contribution is -2.13. The molecule has 1 aliphatic heterocycles. The van der Waals surface area contributed by atoms with Crippen LogP contribution in [0.25, 0.3) is 0 Å². The average molecular weight is 226 g/mol. The normalized spacial score (nSPS) is 20.4. The molecule has 1 unspecified atom stereocenters. The molecule has 1 fully saturated rings. The number of methoxy groups -OCH3 is 1. The van der Waals surface area contributed by atoms with E-state index in [1.165, 1.54) is 6.42 Å². The van der Waals surface area contributed by atoms with Crippen molar-refractivity contribution in [3.8, 4) is 0 Å². The van der Waals surface area contributed by atoms with E-state index in [1.807, 2.05) is 6.07 Å². The second-order valence-electron chi connectivity index (χ2n) is 4.09. The van der Waals surface area contributed by atoms with Crippen molar-refractivity contribution in [2.45, 2.75) is 19.6 Å². The summed E-state index contributed by atoms with van der Waals surface area (Å²) in [6, 6.07) is 1.87. The fraction of sp³-hybridized carbons (Fsp3) is 0.727. The van der Waals surface area contributed by atoms with Crippen molar-refractivity contribution in [3.63, 3.8) is 0 Å². The maximum absolute atomic E-state index is 5.59. The monoisotopic (exact) mass is 226 g/mol. The fourth-order valence-electron chi connectivity index (χ4n) is 1.82. The first kappa shape index (κ1) is 11.6. The summed E-state index contributed by atoms with van der Waals surface area (Å²) >= 11 is 0. The summed E-state index contributed by atoms with van der Waals surface area (Å²) in [5.41, 5.74) is 0.831. The lowest BCUT2D eigenvalue weighted by molar-refractivity contribution is 0.0880. The Morgan fingerprint density at radius 2 is 2.50 bits per heavy atom. The fourth-order valence-corrected chi connectivity index (χ4v) is 1.82. The maximum atomic E-state index is 5.59. The highest BCUT2D eigenvalue weighted by atomic mass is 16.5. The van der Waals surface area contributed by atoms with Crippen molar-refractivity contribution in [1.29, 1.82) is 0 Å². The van der Waals surface area contributed by atoms with Crippen LogP contribution in [0.1, 0.15) is 17.9 Å². The third-order valence-electron chi connectivity index (χ3n) is 2.66. The van der Waals surface area contributed by atoms with Crippen LogP contribution in [0.5, 0.6) is 0 Å². The maximum Gasteiger partial charge on any atom is 0.162 e. The van der Waals surface area contributed by atoms with Gasteiger partial charge in [0.05, 0.1) is 13.2 Å². The predicted molar refractivity (Wildman–Crippen MR) is 57.8 cm³/mol. The van der Waals surface area contributed by atoms with Gasteiger partial charge in [-0.2, -0.15) is 0 Å². The van der Waals surface area contributed by atoms with Crippen LogP contribution < -0.4 is 5.32 Å². The molecule has 5 nitrogen and oxygen atoms in total. The van der Waals surface area contributed by atoms with Gasteiger partial charge in [-0.3, -0.25) is 0 Å². The summed E-state index contributed by atoms with van der Waals surface area (Å²) in [7, 11) is 1.63. The largest absolute Gasteiger partial charge is 0.377 e. The van der Waals surface area contributed by atoms with E-state index in [1.54, 1.807) is 7.11 Å². The van der Waals surface area contributed by atoms with Crippen LogP contribution in [0.3, 0.4) is 0 Å². The van der Waals surface area contributed by atoms with E-state index >= 15 is 0 Å². The molecule has 2 rings (SSSR count). The average Bonchev–Trinajstić information content (AvgIpc) is 2.90. The van der Waals surface area contributed by atoms with Crippen LogP contribution in [0.2, 0.25) is 0 Å². The Labute approximate surface area is 95.1 Å². The van der Waals surface area contributed by atoms with Crippen molar-refractivity contribution in [2.24, 2.45) is 5.92 Å². The van der Waals surface area contributed by atoms with E-state index in [0.29, 0.717) is 19.1 Å². The molecule has 0 aliphatic carbocycles. The third kappa shape index (κ3) is 3.30. The zero-order chi connectivity index (χ0) is 11.2. The van der Waals surface area contributed by atoms with E-state index in [9.17, 15) is 0 Å². The van der Waals surface area contributed by atoms with Gasteiger partial charge in [0, 0.05) is 19.7 Å². The standard InChI is InChI=1S/C11H18N2O3/c1-14-8-11-4-10(13-16-11)7-15-6-9-2-3-12-5-9/h4,9,12H,2-3,5-8H2,1H3. The number of nitrogens with zero attached hydrogens (tertiary/aromatic N) is 1. The van der Waals surface area contributed by atoms with Crippen molar-refractivity contribution >= 4 is 0 Å². The van der Waals surface area contributed by atoms with E-state index in [0.717, 1.165) is 31.2 Å². The van der Waals surface area contributed by atoms with Gasteiger partial charge >= 0.3 is 0 Å². The van der Waals surface area contributed by atoms with Crippen LogP contribution in [-0.2, 0) is 22.7 Å². The lowest BCUT2D eigenvalue weighted by atomic mass is 10.1. The van der Waals surface area contributed by atoms with Gasteiger partial charge in [0.15, 0.2) is 5.76 Å². The number of aromatic nitrogens is 1. The number of nitrogens with one attached hydrogen (secondary N) is 1. The van der Waals surface area contributed by atoms with Gasteiger partial charge in [-0.05, 0) is 18.9 Å². The highest BCUT2D eigenvalue weighted by molar-refractivity contribution is 5.03. The van der Waals surface area contributed by atoms with Crippen molar-refractivity contribution in [3.05, 3.63) is 17.5 Å². The van der Waals surface area contributed by atoms with E-state index in [-0.39, 0.29) is 0 Å². The molecule has 2 heterocycles. The first-order valence-electron chi connectivity index (χ1n) is 5.60. The lowest BCUT2D eigenvalue weighted by Gasteiger charge is -2.07. The Bertz CT molecular complexity index is 308. The summed E-state index contributed by atoms with van der Waals surface area (Å²) < 4.78 is 15.6.